The van der Waals surface area contributed by atoms with Crippen molar-refractivity contribution >= 4 is 51.6 Å². The van der Waals surface area contributed by atoms with Crippen LogP contribution in [0.1, 0.15) is 113 Å². The summed E-state index contributed by atoms with van der Waals surface area (Å²) in [5, 5.41) is 18.5. The lowest BCUT2D eigenvalue weighted by atomic mass is 9.78. The molecular formula is C60H67N4O4+. The van der Waals surface area contributed by atoms with Crippen molar-refractivity contribution in [2.45, 2.75) is 94.9 Å². The predicted octanol–water partition coefficient (Wildman–Crippen LogP) is 13.6. The Balaban J connectivity index is 1.39. The molecule has 0 aromatic heterocycles. The molecule has 2 amide bonds. The van der Waals surface area contributed by atoms with Crippen LogP contribution in [-0.4, -0.2) is 46.1 Å². The summed E-state index contributed by atoms with van der Waals surface area (Å²) in [5.74, 6) is -0.479. The lowest BCUT2D eigenvalue weighted by molar-refractivity contribution is -0.449. The van der Waals surface area contributed by atoms with E-state index in [1.165, 1.54) is 11.1 Å². The van der Waals surface area contributed by atoms with E-state index in [0.717, 1.165) is 83.8 Å². The Morgan fingerprint density at radius 2 is 1.18 bits per heavy atom. The van der Waals surface area contributed by atoms with Crippen molar-refractivity contribution in [3.05, 3.63) is 194 Å². The van der Waals surface area contributed by atoms with Gasteiger partial charge in [0.2, 0.25) is 17.2 Å². The van der Waals surface area contributed by atoms with Gasteiger partial charge in [0.15, 0.2) is 6.54 Å². The topological polar surface area (TPSA) is 102 Å². The number of carbonyl (C=O) groups excluding carboxylic acids is 3. The number of Topliss-reactive ketones (excluding diaryl/α,β-unsaturated/α-hetero) is 1. The molecule has 0 atom stereocenters. The zero-order valence-electron chi connectivity index (χ0n) is 41.5. The molecule has 0 saturated carbocycles. The lowest BCUT2D eigenvalue weighted by Gasteiger charge is -2.32. The van der Waals surface area contributed by atoms with Crippen LogP contribution in [0.25, 0.3) is 5.57 Å². The van der Waals surface area contributed by atoms with Gasteiger partial charge in [-0.3, -0.25) is 14.4 Å². The average Bonchev–Trinajstić information content (AvgIpc) is 3.32. The maximum Gasteiger partial charge on any atom is 0.255 e. The minimum absolute atomic E-state index is 0.0920. The summed E-state index contributed by atoms with van der Waals surface area (Å²) in [6.07, 6.45) is 9.69. The van der Waals surface area contributed by atoms with Gasteiger partial charge in [0, 0.05) is 69.9 Å². The summed E-state index contributed by atoms with van der Waals surface area (Å²) in [5.41, 5.74) is 13.2. The predicted molar refractivity (Wildman–Crippen MR) is 280 cm³/mol. The third kappa shape index (κ3) is 10.6. The van der Waals surface area contributed by atoms with Crippen LogP contribution in [0.5, 0.6) is 0 Å². The highest BCUT2D eigenvalue weighted by Crippen LogP contribution is 2.44. The minimum Gasteiger partial charge on any atom is -0.506 e. The van der Waals surface area contributed by atoms with Gasteiger partial charge in [-0.2, -0.15) is 4.58 Å². The molecule has 0 radical (unpaired) electrons. The van der Waals surface area contributed by atoms with Gasteiger partial charge in [-0.15, -0.1) is 0 Å². The van der Waals surface area contributed by atoms with Crippen LogP contribution >= 0.6 is 0 Å². The van der Waals surface area contributed by atoms with Crippen molar-refractivity contribution in [3.8, 4) is 0 Å². The Kier molecular flexibility index (Phi) is 15.3. The SMILES string of the molecule is CCC(CC)CN(c1ccc(C2=C(O)/C(=C3/C=CC(=[N+](CC(CC)CC)c4ccc(C)cc4C)C=C3NC(=O)c3ccc(C)cc3)C2=O)c(NC(=O)c2ccc(C)cc2)c1)c1ccc(C)cc1C. The highest BCUT2D eigenvalue weighted by molar-refractivity contribution is 6.40. The third-order valence-electron chi connectivity index (χ3n) is 13.7. The highest BCUT2D eigenvalue weighted by atomic mass is 16.3. The van der Waals surface area contributed by atoms with Crippen LogP contribution in [0.3, 0.4) is 0 Å². The number of aryl methyl sites for hydroxylation is 6. The summed E-state index contributed by atoms with van der Waals surface area (Å²) < 4.78 is 2.29. The van der Waals surface area contributed by atoms with Gasteiger partial charge in [0.05, 0.1) is 22.5 Å². The molecule has 8 nitrogen and oxygen atoms in total. The molecule has 0 heterocycles. The molecule has 0 unspecified atom stereocenters. The minimum atomic E-state index is -0.397. The van der Waals surface area contributed by atoms with Crippen molar-refractivity contribution in [2.24, 2.45) is 11.8 Å². The number of allylic oxidation sites excluding steroid dienone is 5. The van der Waals surface area contributed by atoms with Crippen molar-refractivity contribution in [3.63, 3.8) is 0 Å². The molecule has 0 spiro atoms. The first-order chi connectivity index (χ1) is 32.6. The van der Waals surface area contributed by atoms with Crippen molar-refractivity contribution in [2.75, 3.05) is 23.3 Å². The number of benzene rings is 5. The summed E-state index contributed by atoms with van der Waals surface area (Å²) in [6.45, 7) is 22.7. The van der Waals surface area contributed by atoms with Crippen LogP contribution in [0.4, 0.5) is 22.7 Å². The second-order valence-electron chi connectivity index (χ2n) is 18.7. The van der Waals surface area contributed by atoms with E-state index in [4.69, 9.17) is 0 Å². The smallest absolute Gasteiger partial charge is 0.255 e. The Bertz CT molecular complexity index is 2900. The first-order valence-corrected chi connectivity index (χ1v) is 24.2. The van der Waals surface area contributed by atoms with Crippen LogP contribution in [0.15, 0.2) is 144 Å². The number of hydrogen-bond acceptors (Lipinski definition) is 5. The standard InChI is InChI=1S/C60H66N4O4/c1-11-43(12-2)35-63(53-29-19-39(7)31-41(53)9)47-25-27-49(51(33-47)61-59(67)45-21-15-37(5)16-22-45)55-57(65)56(58(55)66)50-28-26-48(34-52(50)62-60(68)46-23-17-38(6)18-24-46)64(36-44(13-3)14-4)54-30-20-40(8)32-42(54)10/h15-34,43-44H,11-14,35-36H2,1-10H3,(H2,61,62,65,66,67,68)/p+1. The molecule has 5 aromatic rings. The molecule has 7 rings (SSSR count). The Hall–Kier alpha value is -7.06. The Morgan fingerprint density at radius 3 is 1.74 bits per heavy atom. The normalized spacial score (nSPS) is 15.4. The summed E-state index contributed by atoms with van der Waals surface area (Å²) >= 11 is 0. The molecule has 0 fully saturated rings. The highest BCUT2D eigenvalue weighted by Gasteiger charge is 2.40. The fraction of sp³-hybridized carbons (Fsp3) is 0.300. The fourth-order valence-electron chi connectivity index (χ4n) is 9.26. The monoisotopic (exact) mass is 908 g/mol. The number of anilines is 3. The zero-order valence-corrected chi connectivity index (χ0v) is 41.5. The quantitative estimate of drug-likeness (QED) is 0.0676. The molecule has 2 aliphatic rings. The Labute approximate surface area is 403 Å². The van der Waals surface area contributed by atoms with Gasteiger partial charge in [-0.05, 0) is 127 Å². The van der Waals surface area contributed by atoms with E-state index in [1.807, 2.05) is 74.5 Å². The van der Waals surface area contributed by atoms with E-state index < -0.39 is 5.78 Å². The second-order valence-corrected chi connectivity index (χ2v) is 18.7. The lowest BCUT2D eigenvalue weighted by Crippen LogP contribution is -2.31. The number of rotatable bonds is 16. The van der Waals surface area contributed by atoms with E-state index >= 15 is 0 Å². The van der Waals surface area contributed by atoms with E-state index in [-0.39, 0.29) is 28.7 Å². The van der Waals surface area contributed by atoms with Crippen molar-refractivity contribution in [1.29, 1.82) is 0 Å². The van der Waals surface area contributed by atoms with Crippen LogP contribution in [0, 0.1) is 53.4 Å². The van der Waals surface area contributed by atoms with Gasteiger partial charge >= 0.3 is 0 Å². The van der Waals surface area contributed by atoms with E-state index in [0.29, 0.717) is 45.5 Å². The number of nitrogens with one attached hydrogen (secondary N) is 2. The number of amides is 2. The molecule has 350 valence electrons. The molecule has 2 aliphatic carbocycles. The maximum atomic E-state index is 14.8. The van der Waals surface area contributed by atoms with Crippen LogP contribution < -0.4 is 15.5 Å². The third-order valence-corrected chi connectivity index (χ3v) is 13.7. The van der Waals surface area contributed by atoms with Gasteiger partial charge in [0.1, 0.15) is 5.76 Å². The molecule has 0 saturated heterocycles. The van der Waals surface area contributed by atoms with Crippen LogP contribution in [0.2, 0.25) is 0 Å². The van der Waals surface area contributed by atoms with E-state index in [2.05, 4.69) is 112 Å². The molecule has 0 aliphatic heterocycles. The number of hydrogen-bond donors (Lipinski definition) is 3. The van der Waals surface area contributed by atoms with Gasteiger partial charge < -0.3 is 20.6 Å². The summed E-state index contributed by atoms with van der Waals surface area (Å²) in [7, 11) is 0. The van der Waals surface area contributed by atoms with Gasteiger partial charge in [0.25, 0.3) is 11.8 Å². The van der Waals surface area contributed by atoms with E-state index in [1.54, 1.807) is 24.3 Å². The van der Waals surface area contributed by atoms with Gasteiger partial charge in [-0.1, -0.05) is 105 Å². The largest absolute Gasteiger partial charge is 0.506 e. The zero-order chi connectivity index (χ0) is 48.8. The number of nitrogens with zero attached hydrogens (tertiary/aromatic N) is 2. The fourth-order valence-corrected chi connectivity index (χ4v) is 9.26. The van der Waals surface area contributed by atoms with Crippen molar-refractivity contribution < 1.29 is 24.1 Å². The maximum absolute atomic E-state index is 14.8. The molecular weight excluding hydrogens is 841 g/mol. The van der Waals surface area contributed by atoms with Crippen molar-refractivity contribution in [1.82, 2.24) is 5.32 Å². The Morgan fingerprint density at radius 1 is 0.618 bits per heavy atom. The summed E-state index contributed by atoms with van der Waals surface area (Å²) in [6, 6.07) is 33.3. The van der Waals surface area contributed by atoms with E-state index in [9.17, 15) is 19.5 Å². The number of aliphatic hydroxyl groups is 1. The number of ketones is 1. The number of aliphatic hydroxyl groups excluding tert-OH is 1. The van der Waals surface area contributed by atoms with Gasteiger partial charge in [-0.25, -0.2) is 0 Å². The molecule has 3 N–H and O–H groups in total. The molecule has 8 heteroatoms. The first kappa shape index (κ1) is 48.9. The first-order valence-electron chi connectivity index (χ1n) is 24.2. The second kappa shape index (κ2) is 21.3. The molecule has 68 heavy (non-hydrogen) atoms. The van der Waals surface area contributed by atoms with Crippen LogP contribution in [-0.2, 0) is 4.79 Å². The summed E-state index contributed by atoms with van der Waals surface area (Å²) in [4.78, 5) is 45.2. The average molecular weight is 908 g/mol. The number of carbonyl (C=O) groups is 3. The molecule has 0 bridgehead atoms. The molecule has 5 aromatic carbocycles.